The standard InChI is InChI=1S/C27H27Cl2FN2O5/c1-4-17(2)37-24-14-23(22(30)13-21(24)28)32(16-18-9-10-25(29)31-15-18)26(33)19-7-5-6-8-20(19)27(34)36-12-11-35-3/h1,9-10,13-15,17H,5-8,11-12,16H2,2-3H3. The number of hydrogen-bond acceptors (Lipinski definition) is 6. The van der Waals surface area contributed by atoms with Gasteiger partial charge in [0.05, 0.1) is 23.9 Å². The van der Waals surface area contributed by atoms with Crippen LogP contribution in [0.2, 0.25) is 10.2 Å². The van der Waals surface area contributed by atoms with E-state index in [-0.39, 0.29) is 52.5 Å². The van der Waals surface area contributed by atoms with E-state index in [1.54, 1.807) is 19.1 Å². The zero-order valence-electron chi connectivity index (χ0n) is 20.6. The molecule has 0 spiro atoms. The van der Waals surface area contributed by atoms with E-state index in [9.17, 15) is 9.59 Å². The zero-order chi connectivity index (χ0) is 26.9. The first kappa shape index (κ1) is 28.5. The molecule has 1 heterocycles. The zero-order valence-corrected chi connectivity index (χ0v) is 22.1. The number of hydrogen-bond donors (Lipinski definition) is 0. The average molecular weight is 549 g/mol. The van der Waals surface area contributed by atoms with Crippen molar-refractivity contribution in [3.05, 3.63) is 63.2 Å². The number of pyridine rings is 1. The van der Waals surface area contributed by atoms with E-state index in [2.05, 4.69) is 10.9 Å². The monoisotopic (exact) mass is 548 g/mol. The van der Waals surface area contributed by atoms with Gasteiger partial charge in [-0.05, 0) is 50.3 Å². The van der Waals surface area contributed by atoms with E-state index in [4.69, 9.17) is 43.8 Å². The third kappa shape index (κ3) is 7.45. The van der Waals surface area contributed by atoms with Crippen molar-refractivity contribution in [3.63, 3.8) is 0 Å². The predicted octanol–water partition coefficient (Wildman–Crippen LogP) is 5.52. The summed E-state index contributed by atoms with van der Waals surface area (Å²) in [5.41, 5.74) is 1.05. The molecule has 0 saturated carbocycles. The number of terminal acetylenes is 1. The second-order valence-corrected chi connectivity index (χ2v) is 9.13. The molecule has 0 saturated heterocycles. The molecule has 1 aliphatic carbocycles. The van der Waals surface area contributed by atoms with Crippen molar-refractivity contribution in [2.45, 2.75) is 45.3 Å². The molecule has 7 nitrogen and oxygen atoms in total. The lowest BCUT2D eigenvalue weighted by atomic mass is 9.90. The van der Waals surface area contributed by atoms with Gasteiger partial charge in [-0.1, -0.05) is 35.2 Å². The smallest absolute Gasteiger partial charge is 0.334 e. The van der Waals surface area contributed by atoms with Crippen LogP contribution in [0.5, 0.6) is 5.75 Å². The maximum absolute atomic E-state index is 15.3. The molecule has 1 aliphatic rings. The quantitative estimate of drug-likeness (QED) is 0.168. The Balaban J connectivity index is 2.07. The van der Waals surface area contributed by atoms with Crippen LogP contribution in [0.4, 0.5) is 10.1 Å². The second kappa shape index (κ2) is 13.4. The van der Waals surface area contributed by atoms with Crippen LogP contribution in [0, 0.1) is 18.2 Å². The minimum Gasteiger partial charge on any atom is -0.476 e. The number of aromatic nitrogens is 1. The third-order valence-electron chi connectivity index (χ3n) is 5.70. The molecule has 1 aromatic carbocycles. The van der Waals surface area contributed by atoms with E-state index in [0.29, 0.717) is 24.8 Å². The predicted molar refractivity (Wildman–Crippen MR) is 139 cm³/mol. The Labute approximate surface area is 225 Å². The summed E-state index contributed by atoms with van der Waals surface area (Å²) in [5.74, 6) is 0.665. The highest BCUT2D eigenvalue weighted by molar-refractivity contribution is 6.32. The van der Waals surface area contributed by atoms with Crippen LogP contribution in [0.1, 0.15) is 38.2 Å². The fourth-order valence-corrected chi connectivity index (χ4v) is 4.13. The Morgan fingerprint density at radius 2 is 1.92 bits per heavy atom. The Bertz CT molecular complexity index is 1210. The van der Waals surface area contributed by atoms with Gasteiger partial charge in [0.2, 0.25) is 0 Å². The number of nitrogens with zero attached hydrogens (tertiary/aromatic N) is 2. The summed E-state index contributed by atoms with van der Waals surface area (Å²) >= 11 is 12.1. The Morgan fingerprint density at radius 3 is 2.57 bits per heavy atom. The lowest BCUT2D eigenvalue weighted by molar-refractivity contribution is -0.140. The molecule has 3 rings (SSSR count). The van der Waals surface area contributed by atoms with E-state index in [1.165, 1.54) is 24.3 Å². The Kier molecular flexibility index (Phi) is 10.3. The molecule has 1 unspecified atom stereocenters. The second-order valence-electron chi connectivity index (χ2n) is 8.33. The topological polar surface area (TPSA) is 78.0 Å². The van der Waals surface area contributed by atoms with Gasteiger partial charge in [-0.2, -0.15) is 0 Å². The average Bonchev–Trinajstić information content (AvgIpc) is 2.89. The first-order valence-corrected chi connectivity index (χ1v) is 12.4. The molecule has 1 amide bonds. The lowest BCUT2D eigenvalue weighted by Crippen LogP contribution is -2.34. The Morgan fingerprint density at radius 1 is 1.19 bits per heavy atom. The normalized spacial score (nSPS) is 14.1. The first-order chi connectivity index (χ1) is 17.7. The summed E-state index contributed by atoms with van der Waals surface area (Å²) in [6.45, 7) is 1.87. The first-order valence-electron chi connectivity index (χ1n) is 11.7. The van der Waals surface area contributed by atoms with Crippen LogP contribution in [-0.4, -0.2) is 43.3 Å². The largest absolute Gasteiger partial charge is 0.476 e. The number of rotatable bonds is 10. The molecule has 0 radical (unpaired) electrons. The fourth-order valence-electron chi connectivity index (χ4n) is 3.82. The van der Waals surface area contributed by atoms with Crippen LogP contribution < -0.4 is 9.64 Å². The van der Waals surface area contributed by atoms with Crippen LogP contribution in [-0.2, 0) is 25.6 Å². The van der Waals surface area contributed by atoms with Crippen molar-refractivity contribution in [2.75, 3.05) is 25.2 Å². The minimum absolute atomic E-state index is 0.00296. The maximum Gasteiger partial charge on any atom is 0.334 e. The van der Waals surface area contributed by atoms with Gasteiger partial charge in [-0.25, -0.2) is 14.2 Å². The van der Waals surface area contributed by atoms with E-state index in [0.717, 1.165) is 12.5 Å². The molecular formula is C27H27Cl2FN2O5. The number of halogens is 3. The molecule has 37 heavy (non-hydrogen) atoms. The van der Waals surface area contributed by atoms with Crippen molar-refractivity contribution in [3.8, 4) is 18.1 Å². The number of amides is 1. The Hall–Kier alpha value is -3.12. The molecule has 196 valence electrons. The van der Waals surface area contributed by atoms with Crippen molar-refractivity contribution in [2.24, 2.45) is 0 Å². The molecule has 0 aliphatic heterocycles. The molecule has 1 aromatic heterocycles. The van der Waals surface area contributed by atoms with Gasteiger partial charge < -0.3 is 19.1 Å². The number of esters is 1. The van der Waals surface area contributed by atoms with Crippen molar-refractivity contribution < 1.29 is 28.2 Å². The summed E-state index contributed by atoms with van der Waals surface area (Å²) in [4.78, 5) is 32.0. The van der Waals surface area contributed by atoms with Gasteiger partial charge in [0, 0.05) is 30.5 Å². The molecule has 2 aromatic rings. The fraction of sp³-hybridized carbons (Fsp3) is 0.370. The van der Waals surface area contributed by atoms with Gasteiger partial charge in [0.1, 0.15) is 23.3 Å². The highest BCUT2D eigenvalue weighted by atomic mass is 35.5. The van der Waals surface area contributed by atoms with Crippen molar-refractivity contribution in [1.29, 1.82) is 0 Å². The highest BCUT2D eigenvalue weighted by Crippen LogP contribution is 2.36. The maximum atomic E-state index is 15.3. The summed E-state index contributed by atoms with van der Waals surface area (Å²) in [7, 11) is 1.50. The van der Waals surface area contributed by atoms with Gasteiger partial charge in [0.15, 0.2) is 6.10 Å². The number of methoxy groups -OCH3 is 1. The minimum atomic E-state index is -0.749. The van der Waals surface area contributed by atoms with Crippen LogP contribution in [0.25, 0.3) is 0 Å². The van der Waals surface area contributed by atoms with E-state index < -0.39 is 23.8 Å². The summed E-state index contributed by atoms with van der Waals surface area (Å²) < 4.78 is 31.2. The summed E-state index contributed by atoms with van der Waals surface area (Å²) in [5, 5.41) is 0.275. The van der Waals surface area contributed by atoms with Gasteiger partial charge in [-0.15, -0.1) is 6.42 Å². The van der Waals surface area contributed by atoms with Crippen molar-refractivity contribution >= 4 is 40.8 Å². The van der Waals surface area contributed by atoms with Crippen LogP contribution in [0.3, 0.4) is 0 Å². The third-order valence-corrected chi connectivity index (χ3v) is 6.22. The van der Waals surface area contributed by atoms with Gasteiger partial charge in [-0.3, -0.25) is 4.79 Å². The number of anilines is 1. The molecule has 0 fully saturated rings. The molecule has 0 N–H and O–H groups in total. The van der Waals surface area contributed by atoms with Gasteiger partial charge in [0.25, 0.3) is 5.91 Å². The lowest BCUT2D eigenvalue weighted by Gasteiger charge is -2.28. The van der Waals surface area contributed by atoms with E-state index >= 15 is 4.39 Å². The molecule has 1 atom stereocenters. The van der Waals surface area contributed by atoms with E-state index in [1.807, 2.05) is 0 Å². The number of carbonyl (C=O) groups excluding carboxylic acids is 2. The SMILES string of the molecule is C#CC(C)Oc1cc(N(Cc2ccc(Cl)nc2)C(=O)C2=C(C(=O)OCCOC)CCCC2)c(F)cc1Cl. The molecule has 0 bridgehead atoms. The number of benzene rings is 1. The molecular weight excluding hydrogens is 522 g/mol. The van der Waals surface area contributed by atoms with Gasteiger partial charge >= 0.3 is 5.97 Å². The summed E-state index contributed by atoms with van der Waals surface area (Å²) in [6, 6.07) is 5.63. The van der Waals surface area contributed by atoms with Crippen LogP contribution >= 0.6 is 23.2 Å². The van der Waals surface area contributed by atoms with Crippen LogP contribution in [0.15, 0.2) is 41.6 Å². The highest BCUT2D eigenvalue weighted by Gasteiger charge is 2.31. The number of ether oxygens (including phenoxy) is 3. The summed E-state index contributed by atoms with van der Waals surface area (Å²) in [6.07, 6.45) is 8.40. The molecule has 10 heteroatoms. The van der Waals surface area contributed by atoms with Crippen molar-refractivity contribution in [1.82, 2.24) is 4.98 Å². The number of carbonyl (C=O) groups is 2.